The summed E-state index contributed by atoms with van der Waals surface area (Å²) in [5, 5.41) is 3.31. The van der Waals surface area contributed by atoms with Crippen LogP contribution < -0.4 is 15.8 Å². The third-order valence-corrected chi connectivity index (χ3v) is 5.24. The Labute approximate surface area is 172 Å². The van der Waals surface area contributed by atoms with Gasteiger partial charge in [0.1, 0.15) is 11.6 Å². The number of hydrogen-bond donors (Lipinski definition) is 2. The third kappa shape index (κ3) is 4.09. The Morgan fingerprint density at radius 1 is 1.03 bits per heavy atom. The molecule has 0 fully saturated rings. The smallest absolute Gasteiger partial charge is 0.256 e. The molecular weight excluding hydrogens is 384 g/mol. The standard InChI is InChI=1S/C22H18N4O2S/c1-28-17-9-7-14(8-10-17)19-20(29-22(23)26-19)16-11-12-24-18(13-16)25-21(27)15-5-3-2-4-6-15/h2-13H,1H3,(H2,23,26)(H,24,25,27). The van der Waals surface area contributed by atoms with Crippen molar-refractivity contribution < 1.29 is 9.53 Å². The van der Waals surface area contributed by atoms with Gasteiger partial charge in [0.2, 0.25) is 0 Å². The summed E-state index contributed by atoms with van der Waals surface area (Å²) >= 11 is 1.39. The highest BCUT2D eigenvalue weighted by atomic mass is 32.1. The maximum atomic E-state index is 12.4. The van der Waals surface area contributed by atoms with Crippen molar-refractivity contribution in [1.29, 1.82) is 0 Å². The van der Waals surface area contributed by atoms with Gasteiger partial charge in [0.15, 0.2) is 5.13 Å². The topological polar surface area (TPSA) is 90.1 Å². The van der Waals surface area contributed by atoms with E-state index in [-0.39, 0.29) is 5.91 Å². The minimum absolute atomic E-state index is 0.213. The van der Waals surface area contributed by atoms with Gasteiger partial charge in [-0.25, -0.2) is 9.97 Å². The van der Waals surface area contributed by atoms with Gasteiger partial charge in [-0.05, 0) is 54.1 Å². The van der Waals surface area contributed by atoms with Gasteiger partial charge in [-0.15, -0.1) is 0 Å². The van der Waals surface area contributed by atoms with Gasteiger partial charge in [0, 0.05) is 17.3 Å². The van der Waals surface area contributed by atoms with Gasteiger partial charge in [-0.1, -0.05) is 29.5 Å². The number of methoxy groups -OCH3 is 1. The first-order valence-electron chi connectivity index (χ1n) is 8.87. The number of anilines is 2. The zero-order chi connectivity index (χ0) is 20.2. The molecule has 4 rings (SSSR count). The normalized spacial score (nSPS) is 10.5. The number of nitrogens with zero attached hydrogens (tertiary/aromatic N) is 2. The molecule has 0 radical (unpaired) electrons. The Bertz CT molecular complexity index is 1140. The molecule has 0 spiro atoms. The average Bonchev–Trinajstić information content (AvgIpc) is 3.16. The van der Waals surface area contributed by atoms with Crippen LogP contribution in [0.2, 0.25) is 0 Å². The summed E-state index contributed by atoms with van der Waals surface area (Å²) in [5.74, 6) is 1.02. The molecular formula is C22H18N4O2S. The highest BCUT2D eigenvalue weighted by Crippen LogP contribution is 2.38. The minimum Gasteiger partial charge on any atom is -0.497 e. The predicted octanol–water partition coefficient (Wildman–Crippen LogP) is 4.72. The Hall–Kier alpha value is -3.71. The molecule has 4 aromatic rings. The molecule has 2 aromatic heterocycles. The fraction of sp³-hybridized carbons (Fsp3) is 0.0455. The Balaban J connectivity index is 1.65. The summed E-state index contributed by atoms with van der Waals surface area (Å²) in [7, 11) is 1.63. The minimum atomic E-state index is -0.213. The lowest BCUT2D eigenvalue weighted by Gasteiger charge is -2.07. The number of nitrogen functional groups attached to an aromatic ring is 1. The number of carbonyl (C=O) groups excluding carboxylic acids is 1. The van der Waals surface area contributed by atoms with Crippen molar-refractivity contribution in [2.24, 2.45) is 0 Å². The molecule has 6 nitrogen and oxygen atoms in total. The van der Waals surface area contributed by atoms with Crippen molar-refractivity contribution >= 4 is 28.2 Å². The molecule has 7 heteroatoms. The number of nitrogens with two attached hydrogens (primary N) is 1. The largest absolute Gasteiger partial charge is 0.497 e. The SMILES string of the molecule is COc1ccc(-c2nc(N)sc2-c2ccnc(NC(=O)c3ccccc3)c2)cc1. The first-order chi connectivity index (χ1) is 14.1. The van der Waals surface area contributed by atoms with Crippen LogP contribution in [0.5, 0.6) is 5.75 Å². The summed E-state index contributed by atoms with van der Waals surface area (Å²) < 4.78 is 5.22. The zero-order valence-electron chi connectivity index (χ0n) is 15.6. The number of pyridine rings is 1. The van der Waals surface area contributed by atoms with Crippen LogP contribution in [0.15, 0.2) is 72.9 Å². The van der Waals surface area contributed by atoms with Crippen molar-refractivity contribution in [2.45, 2.75) is 0 Å². The lowest BCUT2D eigenvalue weighted by molar-refractivity contribution is 0.102. The number of thiazole rings is 1. The predicted molar refractivity (Wildman–Crippen MR) is 116 cm³/mol. The van der Waals surface area contributed by atoms with Gasteiger partial charge >= 0.3 is 0 Å². The van der Waals surface area contributed by atoms with Crippen LogP contribution in [0.1, 0.15) is 10.4 Å². The number of ether oxygens (including phenoxy) is 1. The van der Waals surface area contributed by atoms with Gasteiger partial charge in [0.05, 0.1) is 17.7 Å². The highest BCUT2D eigenvalue weighted by Gasteiger charge is 2.15. The molecule has 0 aliphatic heterocycles. The van der Waals surface area contributed by atoms with E-state index in [1.807, 2.05) is 54.6 Å². The molecule has 29 heavy (non-hydrogen) atoms. The summed E-state index contributed by atoms with van der Waals surface area (Å²) in [5.41, 5.74) is 9.16. The number of benzene rings is 2. The van der Waals surface area contributed by atoms with Crippen LogP contribution in [0.4, 0.5) is 10.9 Å². The third-order valence-electron chi connectivity index (χ3n) is 4.31. The van der Waals surface area contributed by atoms with E-state index < -0.39 is 0 Å². The number of rotatable bonds is 5. The molecule has 2 aromatic carbocycles. The highest BCUT2D eigenvalue weighted by molar-refractivity contribution is 7.19. The van der Waals surface area contributed by atoms with Crippen molar-refractivity contribution in [2.75, 3.05) is 18.2 Å². The Morgan fingerprint density at radius 3 is 2.52 bits per heavy atom. The molecule has 0 aliphatic rings. The summed E-state index contributed by atoms with van der Waals surface area (Å²) in [6.07, 6.45) is 1.66. The second kappa shape index (κ2) is 8.12. The van der Waals surface area contributed by atoms with E-state index >= 15 is 0 Å². The van der Waals surface area contributed by atoms with Crippen LogP contribution in [-0.2, 0) is 0 Å². The second-order valence-electron chi connectivity index (χ2n) is 6.21. The maximum absolute atomic E-state index is 12.4. The molecule has 0 aliphatic carbocycles. The monoisotopic (exact) mass is 402 g/mol. The average molecular weight is 402 g/mol. The van der Waals surface area contributed by atoms with Crippen molar-refractivity contribution in [3.05, 3.63) is 78.5 Å². The number of carbonyl (C=O) groups is 1. The Morgan fingerprint density at radius 2 is 1.79 bits per heavy atom. The molecule has 1 amide bonds. The zero-order valence-corrected chi connectivity index (χ0v) is 16.4. The molecule has 0 saturated heterocycles. The van der Waals surface area contributed by atoms with E-state index in [0.717, 1.165) is 27.4 Å². The first kappa shape index (κ1) is 18.6. The van der Waals surface area contributed by atoms with Gasteiger partial charge in [-0.3, -0.25) is 4.79 Å². The Kier molecular flexibility index (Phi) is 5.22. The van der Waals surface area contributed by atoms with E-state index in [9.17, 15) is 4.79 Å². The molecule has 2 heterocycles. The second-order valence-corrected chi connectivity index (χ2v) is 7.24. The van der Waals surface area contributed by atoms with Crippen LogP contribution >= 0.6 is 11.3 Å². The van der Waals surface area contributed by atoms with Crippen LogP contribution in [0.25, 0.3) is 21.7 Å². The molecule has 3 N–H and O–H groups in total. The molecule has 0 atom stereocenters. The number of nitrogens with one attached hydrogen (secondary N) is 1. The molecule has 144 valence electrons. The van der Waals surface area contributed by atoms with Crippen molar-refractivity contribution in [1.82, 2.24) is 9.97 Å². The molecule has 0 bridgehead atoms. The first-order valence-corrected chi connectivity index (χ1v) is 9.69. The van der Waals surface area contributed by atoms with E-state index in [0.29, 0.717) is 16.5 Å². The summed E-state index contributed by atoms with van der Waals surface area (Å²) in [6, 6.07) is 20.4. The van der Waals surface area contributed by atoms with Crippen LogP contribution in [0.3, 0.4) is 0 Å². The van der Waals surface area contributed by atoms with E-state index in [4.69, 9.17) is 10.5 Å². The quantitative estimate of drug-likeness (QED) is 0.504. The summed E-state index contributed by atoms with van der Waals surface area (Å²) in [6.45, 7) is 0. The number of aromatic nitrogens is 2. The molecule has 0 saturated carbocycles. The molecule has 0 unspecified atom stereocenters. The van der Waals surface area contributed by atoms with Gasteiger partial charge in [-0.2, -0.15) is 0 Å². The van der Waals surface area contributed by atoms with Crippen molar-refractivity contribution in [3.8, 4) is 27.4 Å². The van der Waals surface area contributed by atoms with E-state index in [1.165, 1.54) is 11.3 Å². The van der Waals surface area contributed by atoms with Gasteiger partial charge in [0.25, 0.3) is 5.91 Å². The number of hydrogen-bond acceptors (Lipinski definition) is 6. The maximum Gasteiger partial charge on any atom is 0.256 e. The van der Waals surface area contributed by atoms with Crippen LogP contribution in [-0.4, -0.2) is 23.0 Å². The fourth-order valence-electron chi connectivity index (χ4n) is 2.90. The van der Waals surface area contributed by atoms with Crippen LogP contribution in [0, 0.1) is 0 Å². The fourth-order valence-corrected chi connectivity index (χ4v) is 3.75. The van der Waals surface area contributed by atoms with E-state index in [1.54, 1.807) is 25.4 Å². The van der Waals surface area contributed by atoms with Gasteiger partial charge < -0.3 is 15.8 Å². The lowest BCUT2D eigenvalue weighted by atomic mass is 10.1. The number of amides is 1. The lowest BCUT2D eigenvalue weighted by Crippen LogP contribution is -2.12. The van der Waals surface area contributed by atoms with E-state index in [2.05, 4.69) is 15.3 Å². The summed E-state index contributed by atoms with van der Waals surface area (Å²) in [4.78, 5) is 22.1. The van der Waals surface area contributed by atoms with Crippen molar-refractivity contribution in [3.63, 3.8) is 0 Å².